The minimum Gasteiger partial charge on any atom is -0.337 e. The number of hydrogen-bond acceptors (Lipinski definition) is 1. The number of aromatic amines is 1. The first kappa shape index (κ1) is 10.4. The molecule has 5 heteroatoms. The van der Waals surface area contributed by atoms with Gasteiger partial charge < -0.3 is 4.98 Å². The van der Waals surface area contributed by atoms with Crippen molar-refractivity contribution in [2.75, 3.05) is 0 Å². The highest BCUT2D eigenvalue weighted by atomic mass is 127. The summed E-state index contributed by atoms with van der Waals surface area (Å²) in [4.78, 5) is 2.96. The topological polar surface area (TPSA) is 20.7 Å². The van der Waals surface area contributed by atoms with Gasteiger partial charge in [0.1, 0.15) is 0 Å². The highest BCUT2D eigenvalue weighted by molar-refractivity contribution is 14.1. The van der Waals surface area contributed by atoms with E-state index in [1.165, 1.54) is 3.57 Å². The summed E-state index contributed by atoms with van der Waals surface area (Å²) in [5, 5.41) is 0. The third kappa shape index (κ3) is 1.94. The SMILES string of the molecule is S=c1[nH]ccn1-c1ccc(I)c(Br)c1. The van der Waals surface area contributed by atoms with Gasteiger partial charge in [0.05, 0.1) is 0 Å². The number of rotatable bonds is 1. The fourth-order valence-electron chi connectivity index (χ4n) is 1.16. The van der Waals surface area contributed by atoms with Crippen LogP contribution in [0.15, 0.2) is 35.1 Å². The van der Waals surface area contributed by atoms with Crippen LogP contribution in [0.4, 0.5) is 0 Å². The molecule has 14 heavy (non-hydrogen) atoms. The van der Waals surface area contributed by atoms with Crippen LogP contribution < -0.4 is 0 Å². The Morgan fingerprint density at radius 2 is 2.21 bits per heavy atom. The maximum absolute atomic E-state index is 5.13. The first-order valence-electron chi connectivity index (χ1n) is 3.90. The van der Waals surface area contributed by atoms with E-state index in [1.54, 1.807) is 0 Å². The second-order valence-electron chi connectivity index (χ2n) is 2.73. The predicted octanol–water partition coefficient (Wildman–Crippen LogP) is 3.90. The van der Waals surface area contributed by atoms with Gasteiger partial charge in [-0.3, -0.25) is 4.57 Å². The van der Waals surface area contributed by atoms with Crippen molar-refractivity contribution < 1.29 is 0 Å². The van der Waals surface area contributed by atoms with Crippen LogP contribution in [0.1, 0.15) is 0 Å². The molecule has 0 fully saturated rings. The lowest BCUT2D eigenvalue weighted by atomic mass is 10.3. The molecule has 2 aromatic rings. The Hall–Kier alpha value is -0.140. The monoisotopic (exact) mass is 380 g/mol. The number of nitrogens with one attached hydrogen (secondary N) is 1. The quantitative estimate of drug-likeness (QED) is 0.587. The minimum absolute atomic E-state index is 0.707. The normalized spacial score (nSPS) is 10.4. The van der Waals surface area contributed by atoms with E-state index in [-0.39, 0.29) is 0 Å². The van der Waals surface area contributed by atoms with Crippen LogP contribution >= 0.6 is 50.7 Å². The molecule has 1 heterocycles. The van der Waals surface area contributed by atoms with Gasteiger partial charge in [0.2, 0.25) is 0 Å². The lowest BCUT2D eigenvalue weighted by Gasteiger charge is -2.03. The summed E-state index contributed by atoms with van der Waals surface area (Å²) in [5.74, 6) is 0. The smallest absolute Gasteiger partial charge is 0.181 e. The van der Waals surface area contributed by atoms with E-state index < -0.39 is 0 Å². The third-order valence-corrected chi connectivity index (χ3v) is 4.48. The number of benzene rings is 1. The van der Waals surface area contributed by atoms with Gasteiger partial charge in [-0.15, -0.1) is 0 Å². The first-order chi connectivity index (χ1) is 6.68. The molecule has 0 aliphatic rings. The molecular weight excluding hydrogens is 375 g/mol. The van der Waals surface area contributed by atoms with Crippen LogP contribution in [0.5, 0.6) is 0 Å². The largest absolute Gasteiger partial charge is 0.337 e. The van der Waals surface area contributed by atoms with E-state index in [9.17, 15) is 0 Å². The average Bonchev–Trinajstić information content (AvgIpc) is 2.57. The van der Waals surface area contributed by atoms with Gasteiger partial charge in [0, 0.05) is 26.1 Å². The van der Waals surface area contributed by atoms with E-state index >= 15 is 0 Å². The Morgan fingerprint density at radius 3 is 2.79 bits per heavy atom. The van der Waals surface area contributed by atoms with Gasteiger partial charge in [-0.05, 0) is 68.9 Å². The highest BCUT2D eigenvalue weighted by Crippen LogP contribution is 2.22. The number of H-pyrrole nitrogens is 1. The molecule has 0 amide bonds. The zero-order chi connectivity index (χ0) is 10.1. The van der Waals surface area contributed by atoms with E-state index in [0.29, 0.717) is 4.77 Å². The molecular formula is C9H6BrIN2S. The second kappa shape index (κ2) is 4.16. The zero-order valence-electron chi connectivity index (χ0n) is 7.00. The fourth-order valence-corrected chi connectivity index (χ4v) is 2.10. The minimum atomic E-state index is 0.707. The Balaban J connectivity index is 2.59. The molecule has 2 rings (SSSR count). The summed E-state index contributed by atoms with van der Waals surface area (Å²) in [6, 6.07) is 6.14. The molecule has 0 radical (unpaired) electrons. The fraction of sp³-hybridized carbons (Fsp3) is 0. The molecule has 0 unspecified atom stereocenters. The molecule has 1 aromatic carbocycles. The Morgan fingerprint density at radius 1 is 1.43 bits per heavy atom. The summed E-state index contributed by atoms with van der Waals surface area (Å²) < 4.78 is 4.90. The Labute approximate surface area is 109 Å². The van der Waals surface area contributed by atoms with Gasteiger partial charge >= 0.3 is 0 Å². The van der Waals surface area contributed by atoms with Crippen molar-refractivity contribution in [1.29, 1.82) is 0 Å². The van der Waals surface area contributed by atoms with E-state index in [2.05, 4.69) is 49.6 Å². The standard InChI is InChI=1S/C9H6BrIN2S/c10-7-5-6(1-2-8(7)11)13-4-3-12-9(13)14/h1-5H,(H,12,14). The lowest BCUT2D eigenvalue weighted by Crippen LogP contribution is -1.92. The van der Waals surface area contributed by atoms with Gasteiger partial charge in [-0.1, -0.05) is 0 Å². The van der Waals surface area contributed by atoms with E-state index in [4.69, 9.17) is 12.2 Å². The van der Waals surface area contributed by atoms with Gasteiger partial charge in [-0.25, -0.2) is 0 Å². The number of aromatic nitrogens is 2. The lowest BCUT2D eigenvalue weighted by molar-refractivity contribution is 1.03. The van der Waals surface area contributed by atoms with Crippen molar-refractivity contribution in [3.05, 3.63) is 43.4 Å². The third-order valence-electron chi connectivity index (χ3n) is 1.83. The van der Waals surface area contributed by atoms with Gasteiger partial charge in [-0.2, -0.15) is 0 Å². The average molecular weight is 381 g/mol. The van der Waals surface area contributed by atoms with Crippen LogP contribution in [-0.4, -0.2) is 9.55 Å². The van der Waals surface area contributed by atoms with E-state index in [0.717, 1.165) is 10.2 Å². The first-order valence-corrected chi connectivity index (χ1v) is 6.18. The van der Waals surface area contributed by atoms with Crippen molar-refractivity contribution in [1.82, 2.24) is 9.55 Å². The van der Waals surface area contributed by atoms with Crippen LogP contribution in [0, 0.1) is 8.34 Å². The Bertz CT molecular complexity index is 518. The van der Waals surface area contributed by atoms with Crippen molar-refractivity contribution >= 4 is 50.7 Å². The van der Waals surface area contributed by atoms with Crippen molar-refractivity contribution in [3.8, 4) is 5.69 Å². The molecule has 0 saturated carbocycles. The van der Waals surface area contributed by atoms with Crippen molar-refractivity contribution in [3.63, 3.8) is 0 Å². The van der Waals surface area contributed by atoms with Crippen LogP contribution in [0.2, 0.25) is 0 Å². The molecule has 0 bridgehead atoms. The highest BCUT2D eigenvalue weighted by Gasteiger charge is 2.00. The number of halogens is 2. The molecule has 0 saturated heterocycles. The zero-order valence-corrected chi connectivity index (χ0v) is 11.6. The summed E-state index contributed by atoms with van der Waals surface area (Å²) in [6.45, 7) is 0. The Kier molecular flexibility index (Phi) is 3.08. The molecule has 1 N–H and O–H groups in total. The molecule has 0 aliphatic carbocycles. The summed E-state index contributed by atoms with van der Waals surface area (Å²) in [6.07, 6.45) is 3.74. The number of nitrogens with zero attached hydrogens (tertiary/aromatic N) is 1. The number of imidazole rings is 1. The molecule has 2 nitrogen and oxygen atoms in total. The second-order valence-corrected chi connectivity index (χ2v) is 5.14. The van der Waals surface area contributed by atoms with Crippen LogP contribution in [0.25, 0.3) is 5.69 Å². The van der Waals surface area contributed by atoms with Crippen molar-refractivity contribution in [2.45, 2.75) is 0 Å². The predicted molar refractivity (Wildman–Crippen MR) is 71.4 cm³/mol. The van der Waals surface area contributed by atoms with E-state index in [1.807, 2.05) is 29.1 Å². The molecule has 0 spiro atoms. The maximum Gasteiger partial charge on any atom is 0.181 e. The summed E-state index contributed by atoms with van der Waals surface area (Å²) in [7, 11) is 0. The molecule has 0 aliphatic heterocycles. The summed E-state index contributed by atoms with van der Waals surface area (Å²) in [5.41, 5.74) is 1.06. The molecule has 1 aromatic heterocycles. The van der Waals surface area contributed by atoms with Crippen LogP contribution in [0.3, 0.4) is 0 Å². The van der Waals surface area contributed by atoms with Crippen molar-refractivity contribution in [2.24, 2.45) is 0 Å². The maximum atomic E-state index is 5.13. The van der Waals surface area contributed by atoms with Gasteiger partial charge in [0.15, 0.2) is 4.77 Å². The molecule has 72 valence electrons. The molecule has 0 atom stereocenters. The number of hydrogen-bond donors (Lipinski definition) is 1. The summed E-state index contributed by atoms with van der Waals surface area (Å²) >= 11 is 10.9. The van der Waals surface area contributed by atoms with Gasteiger partial charge in [0.25, 0.3) is 0 Å². The van der Waals surface area contributed by atoms with Crippen LogP contribution in [-0.2, 0) is 0 Å².